The minimum absolute atomic E-state index is 0.973. The molecule has 0 aliphatic carbocycles. The zero-order valence-corrected chi connectivity index (χ0v) is 20.2. The molecule has 0 unspecified atom stereocenters. The number of thiophene rings is 1. The summed E-state index contributed by atoms with van der Waals surface area (Å²) >= 11 is 1.86. The highest BCUT2D eigenvalue weighted by Crippen LogP contribution is 2.49. The Balaban J connectivity index is 1.62. The average molecular weight is 477 g/mol. The minimum atomic E-state index is 0.973. The largest absolute Gasteiger partial charge is 0.464 e. The van der Waals surface area contributed by atoms with Crippen LogP contribution in [0.4, 0.5) is 0 Å². The van der Waals surface area contributed by atoms with Crippen molar-refractivity contribution in [3.63, 3.8) is 0 Å². The molecule has 0 radical (unpaired) electrons. The second-order valence-electron chi connectivity index (χ2n) is 9.27. The van der Waals surface area contributed by atoms with Gasteiger partial charge in [-0.1, -0.05) is 97.1 Å². The van der Waals surface area contributed by atoms with E-state index in [1.54, 1.807) is 0 Å². The van der Waals surface area contributed by atoms with Crippen LogP contribution in [0.2, 0.25) is 0 Å². The Kier molecular flexibility index (Phi) is 4.16. The molecule has 0 aliphatic rings. The molecule has 2 aromatic heterocycles. The monoisotopic (exact) mass is 476 g/mol. The number of hydrogen-bond donors (Lipinski definition) is 0. The zero-order chi connectivity index (χ0) is 23.6. The predicted molar refractivity (Wildman–Crippen MR) is 155 cm³/mol. The first kappa shape index (κ1) is 19.9. The van der Waals surface area contributed by atoms with Crippen molar-refractivity contribution in [1.82, 2.24) is 0 Å². The van der Waals surface area contributed by atoms with Crippen LogP contribution >= 0.6 is 11.3 Å². The van der Waals surface area contributed by atoms with Gasteiger partial charge in [0.25, 0.3) is 0 Å². The standard InChI is InChI=1S/C34H20OS/c1-2-10-21(11-3-1)30-23-12-4-6-14-25(23)31(26-15-7-5-13-24(26)30)28-20-22-18-19-35-33(22)32-27-16-8-9-17-29(27)36-34(28)32/h1-20H. The second kappa shape index (κ2) is 7.55. The van der Waals surface area contributed by atoms with Crippen LogP contribution in [-0.2, 0) is 0 Å². The number of fused-ring (bicyclic) bond motifs is 7. The van der Waals surface area contributed by atoms with E-state index in [2.05, 4.69) is 115 Å². The Morgan fingerprint density at radius 1 is 0.528 bits per heavy atom. The summed E-state index contributed by atoms with van der Waals surface area (Å²) in [5, 5.41) is 8.72. The lowest BCUT2D eigenvalue weighted by atomic mass is 9.85. The van der Waals surface area contributed by atoms with Crippen molar-refractivity contribution >= 4 is 64.0 Å². The first-order valence-electron chi connectivity index (χ1n) is 12.2. The summed E-state index contributed by atoms with van der Waals surface area (Å²) in [7, 11) is 0. The smallest absolute Gasteiger partial charge is 0.143 e. The maximum Gasteiger partial charge on any atom is 0.143 e. The normalized spacial score (nSPS) is 11.9. The average Bonchev–Trinajstić information content (AvgIpc) is 3.56. The van der Waals surface area contributed by atoms with Gasteiger partial charge in [0.2, 0.25) is 0 Å². The molecule has 0 saturated heterocycles. The van der Waals surface area contributed by atoms with Gasteiger partial charge in [-0.3, -0.25) is 0 Å². The van der Waals surface area contributed by atoms with Gasteiger partial charge in [0.1, 0.15) is 5.58 Å². The van der Waals surface area contributed by atoms with E-state index in [1.165, 1.54) is 64.0 Å². The predicted octanol–water partition coefficient (Wildman–Crippen LogP) is 10.4. The van der Waals surface area contributed by atoms with Crippen LogP contribution < -0.4 is 0 Å². The lowest BCUT2D eigenvalue weighted by molar-refractivity contribution is 0.619. The molecule has 0 bridgehead atoms. The van der Waals surface area contributed by atoms with Gasteiger partial charge in [0.05, 0.1) is 6.26 Å². The highest BCUT2D eigenvalue weighted by molar-refractivity contribution is 7.26. The van der Waals surface area contributed by atoms with Crippen molar-refractivity contribution in [2.24, 2.45) is 0 Å². The highest BCUT2D eigenvalue weighted by atomic mass is 32.1. The summed E-state index contributed by atoms with van der Waals surface area (Å²) in [5.41, 5.74) is 6.07. The molecule has 36 heavy (non-hydrogen) atoms. The van der Waals surface area contributed by atoms with Crippen LogP contribution in [-0.4, -0.2) is 0 Å². The molecule has 0 saturated carbocycles. The molecule has 2 heteroatoms. The second-order valence-corrected chi connectivity index (χ2v) is 10.3. The van der Waals surface area contributed by atoms with Gasteiger partial charge in [-0.05, 0) is 56.4 Å². The first-order chi connectivity index (χ1) is 17.9. The fourth-order valence-electron chi connectivity index (χ4n) is 5.84. The molecule has 8 aromatic rings. The van der Waals surface area contributed by atoms with Gasteiger partial charge in [-0.2, -0.15) is 0 Å². The van der Waals surface area contributed by atoms with Gasteiger partial charge in [-0.15, -0.1) is 11.3 Å². The van der Waals surface area contributed by atoms with Crippen molar-refractivity contribution in [2.75, 3.05) is 0 Å². The fourth-order valence-corrected chi connectivity index (χ4v) is 7.06. The maximum atomic E-state index is 6.05. The Labute approximate surface area is 211 Å². The molecule has 0 aliphatic heterocycles. The van der Waals surface area contributed by atoms with Crippen molar-refractivity contribution in [3.05, 3.63) is 122 Å². The summed E-state index contributed by atoms with van der Waals surface area (Å²) in [5.74, 6) is 0. The quantitative estimate of drug-likeness (QED) is 0.226. The summed E-state index contributed by atoms with van der Waals surface area (Å²) in [4.78, 5) is 0. The molecular formula is C34H20OS. The molecule has 0 atom stereocenters. The first-order valence-corrected chi connectivity index (χ1v) is 13.0. The summed E-state index contributed by atoms with van der Waals surface area (Å²) in [6.07, 6.45) is 1.81. The Bertz CT molecular complexity index is 2040. The molecule has 1 nitrogen and oxygen atoms in total. The number of benzene rings is 6. The zero-order valence-electron chi connectivity index (χ0n) is 19.4. The molecule has 168 valence electrons. The Morgan fingerprint density at radius 2 is 1.11 bits per heavy atom. The van der Waals surface area contributed by atoms with Crippen LogP contribution in [0.15, 0.2) is 126 Å². The minimum Gasteiger partial charge on any atom is -0.464 e. The van der Waals surface area contributed by atoms with Crippen molar-refractivity contribution in [2.45, 2.75) is 0 Å². The van der Waals surface area contributed by atoms with Gasteiger partial charge < -0.3 is 4.42 Å². The van der Waals surface area contributed by atoms with E-state index >= 15 is 0 Å². The van der Waals surface area contributed by atoms with Gasteiger partial charge in [-0.25, -0.2) is 0 Å². The van der Waals surface area contributed by atoms with E-state index in [-0.39, 0.29) is 0 Å². The lowest BCUT2D eigenvalue weighted by Crippen LogP contribution is -1.91. The van der Waals surface area contributed by atoms with Crippen LogP contribution in [0.5, 0.6) is 0 Å². The Hall–Kier alpha value is -4.40. The third-order valence-corrected chi connectivity index (χ3v) is 8.53. The van der Waals surface area contributed by atoms with E-state index in [0.717, 1.165) is 11.0 Å². The SMILES string of the molecule is c1ccc(-c2c3ccccc3c(-c3cc4ccoc4c4c3sc3ccccc34)c3ccccc23)cc1. The van der Waals surface area contributed by atoms with E-state index in [0.29, 0.717) is 0 Å². The lowest BCUT2D eigenvalue weighted by Gasteiger charge is -2.18. The molecule has 0 fully saturated rings. The third-order valence-electron chi connectivity index (χ3n) is 7.33. The maximum absolute atomic E-state index is 6.05. The number of furan rings is 1. The van der Waals surface area contributed by atoms with E-state index in [1.807, 2.05) is 17.6 Å². The van der Waals surface area contributed by atoms with Crippen LogP contribution in [0.25, 0.3) is 74.9 Å². The molecular weight excluding hydrogens is 456 g/mol. The molecule has 0 spiro atoms. The molecule has 8 rings (SSSR count). The molecule has 0 amide bonds. The van der Waals surface area contributed by atoms with Gasteiger partial charge in [0.15, 0.2) is 0 Å². The number of rotatable bonds is 2. The molecule has 2 heterocycles. The van der Waals surface area contributed by atoms with Crippen molar-refractivity contribution < 1.29 is 4.42 Å². The van der Waals surface area contributed by atoms with Gasteiger partial charge in [0, 0.05) is 31.1 Å². The molecule has 0 N–H and O–H groups in total. The topological polar surface area (TPSA) is 13.1 Å². The van der Waals surface area contributed by atoms with Crippen LogP contribution in [0.3, 0.4) is 0 Å². The van der Waals surface area contributed by atoms with Crippen LogP contribution in [0, 0.1) is 0 Å². The fraction of sp³-hybridized carbons (Fsp3) is 0. The van der Waals surface area contributed by atoms with Crippen molar-refractivity contribution in [3.8, 4) is 22.3 Å². The van der Waals surface area contributed by atoms with Crippen LogP contribution in [0.1, 0.15) is 0 Å². The molecule has 6 aromatic carbocycles. The summed E-state index contributed by atoms with van der Waals surface area (Å²) in [6, 6.07) is 41.6. The highest BCUT2D eigenvalue weighted by Gasteiger charge is 2.21. The van der Waals surface area contributed by atoms with Gasteiger partial charge >= 0.3 is 0 Å². The van der Waals surface area contributed by atoms with Crippen molar-refractivity contribution in [1.29, 1.82) is 0 Å². The summed E-state index contributed by atoms with van der Waals surface area (Å²) < 4.78 is 8.61. The van der Waals surface area contributed by atoms with E-state index < -0.39 is 0 Å². The summed E-state index contributed by atoms with van der Waals surface area (Å²) in [6.45, 7) is 0. The Morgan fingerprint density at radius 3 is 1.81 bits per heavy atom. The van der Waals surface area contributed by atoms with E-state index in [9.17, 15) is 0 Å². The number of hydrogen-bond acceptors (Lipinski definition) is 2. The third kappa shape index (κ3) is 2.71. The van der Waals surface area contributed by atoms with E-state index in [4.69, 9.17) is 4.42 Å².